The lowest BCUT2D eigenvalue weighted by Gasteiger charge is -2.14. The van der Waals surface area contributed by atoms with Crippen molar-refractivity contribution in [3.63, 3.8) is 0 Å². The summed E-state index contributed by atoms with van der Waals surface area (Å²) in [5.41, 5.74) is 6.24. The minimum absolute atomic E-state index is 0.131. The van der Waals surface area contributed by atoms with E-state index in [4.69, 9.17) is 10.5 Å². The standard InChI is InChI=1S/C12H14N2O4S/c1-18-10-4-2-3-9(13)11(10)12(15)14-8-5-6-19(16,17)7-8/h2-6,8H,7,13H2,1H3,(H,14,15). The summed E-state index contributed by atoms with van der Waals surface area (Å²) in [6.07, 6.45) is 1.44. The van der Waals surface area contributed by atoms with Gasteiger partial charge in [0.15, 0.2) is 9.84 Å². The van der Waals surface area contributed by atoms with Crippen LogP contribution in [-0.4, -0.2) is 33.2 Å². The molecule has 1 heterocycles. The number of anilines is 1. The van der Waals surface area contributed by atoms with Gasteiger partial charge < -0.3 is 15.8 Å². The molecule has 0 bridgehead atoms. The van der Waals surface area contributed by atoms with E-state index in [9.17, 15) is 13.2 Å². The number of nitrogens with one attached hydrogen (secondary N) is 1. The highest BCUT2D eigenvalue weighted by Gasteiger charge is 2.25. The molecule has 1 aliphatic heterocycles. The number of ether oxygens (including phenoxy) is 1. The van der Waals surface area contributed by atoms with Crippen LogP contribution >= 0.6 is 0 Å². The average Bonchev–Trinajstić information content (AvgIpc) is 2.67. The van der Waals surface area contributed by atoms with Gasteiger partial charge in [-0.2, -0.15) is 0 Å². The highest BCUT2D eigenvalue weighted by atomic mass is 32.2. The Bertz CT molecular complexity index is 637. The van der Waals surface area contributed by atoms with Gasteiger partial charge in [-0.1, -0.05) is 6.07 Å². The number of rotatable bonds is 3. The number of carbonyl (C=O) groups is 1. The number of benzene rings is 1. The van der Waals surface area contributed by atoms with E-state index in [-0.39, 0.29) is 17.0 Å². The minimum atomic E-state index is -3.21. The Labute approximate surface area is 111 Å². The number of hydrogen-bond donors (Lipinski definition) is 2. The lowest BCUT2D eigenvalue weighted by atomic mass is 10.1. The molecule has 1 aliphatic rings. The third-order valence-electron chi connectivity index (χ3n) is 2.75. The summed E-state index contributed by atoms with van der Waals surface area (Å²) in [4.78, 5) is 12.1. The molecular weight excluding hydrogens is 268 g/mol. The van der Waals surface area contributed by atoms with Gasteiger partial charge in [-0.15, -0.1) is 0 Å². The van der Waals surface area contributed by atoms with Crippen molar-refractivity contribution < 1.29 is 17.9 Å². The van der Waals surface area contributed by atoms with E-state index in [1.165, 1.54) is 13.2 Å². The summed E-state index contributed by atoms with van der Waals surface area (Å²) in [5.74, 6) is -0.239. The molecule has 0 saturated heterocycles. The van der Waals surface area contributed by atoms with Crippen molar-refractivity contribution in [1.29, 1.82) is 0 Å². The Kier molecular flexibility index (Phi) is 3.48. The fourth-order valence-electron chi connectivity index (χ4n) is 1.87. The van der Waals surface area contributed by atoms with Crippen molar-refractivity contribution in [3.8, 4) is 5.75 Å². The summed E-state index contributed by atoms with van der Waals surface area (Å²) in [5, 5.41) is 3.70. The summed E-state index contributed by atoms with van der Waals surface area (Å²) < 4.78 is 27.6. The maximum absolute atomic E-state index is 12.1. The molecule has 0 fully saturated rings. The van der Waals surface area contributed by atoms with E-state index in [1.54, 1.807) is 18.2 Å². The lowest BCUT2D eigenvalue weighted by Crippen LogP contribution is -2.36. The van der Waals surface area contributed by atoms with Crippen LogP contribution < -0.4 is 15.8 Å². The van der Waals surface area contributed by atoms with Crippen molar-refractivity contribution in [2.45, 2.75) is 6.04 Å². The minimum Gasteiger partial charge on any atom is -0.496 e. The normalized spacial score (nSPS) is 20.2. The van der Waals surface area contributed by atoms with Crippen LogP contribution in [0.4, 0.5) is 5.69 Å². The van der Waals surface area contributed by atoms with E-state index < -0.39 is 21.8 Å². The van der Waals surface area contributed by atoms with Crippen LogP contribution in [0.1, 0.15) is 10.4 Å². The fraction of sp³-hybridized carbons (Fsp3) is 0.250. The largest absolute Gasteiger partial charge is 0.496 e. The van der Waals surface area contributed by atoms with Crippen LogP contribution in [0.5, 0.6) is 5.75 Å². The molecule has 0 aliphatic carbocycles. The first-order valence-electron chi connectivity index (χ1n) is 5.57. The summed E-state index contributed by atoms with van der Waals surface area (Å²) in [7, 11) is -1.77. The van der Waals surface area contributed by atoms with Gasteiger partial charge in [0.1, 0.15) is 11.3 Å². The first-order chi connectivity index (χ1) is 8.93. The predicted octanol–water partition coefficient (Wildman–Crippen LogP) is 0.318. The second kappa shape index (κ2) is 4.93. The highest BCUT2D eigenvalue weighted by Crippen LogP contribution is 2.24. The zero-order valence-electron chi connectivity index (χ0n) is 10.3. The van der Waals surface area contributed by atoms with Crippen molar-refractivity contribution in [1.82, 2.24) is 5.32 Å². The molecule has 7 heteroatoms. The van der Waals surface area contributed by atoms with Crippen LogP contribution in [-0.2, 0) is 9.84 Å². The number of methoxy groups -OCH3 is 1. The van der Waals surface area contributed by atoms with Gasteiger partial charge in [0.05, 0.1) is 18.9 Å². The van der Waals surface area contributed by atoms with Gasteiger partial charge in [-0.05, 0) is 18.2 Å². The Balaban J connectivity index is 2.20. The SMILES string of the molecule is COc1cccc(N)c1C(=O)NC1C=CS(=O)(=O)C1. The molecule has 0 aromatic heterocycles. The Morgan fingerprint density at radius 1 is 1.47 bits per heavy atom. The van der Waals surface area contributed by atoms with Crippen molar-refractivity contribution in [3.05, 3.63) is 35.2 Å². The molecule has 0 saturated carbocycles. The second-order valence-electron chi connectivity index (χ2n) is 4.16. The predicted molar refractivity (Wildman–Crippen MR) is 71.6 cm³/mol. The molecule has 2 rings (SSSR count). The number of carbonyl (C=O) groups excluding carboxylic acids is 1. The lowest BCUT2D eigenvalue weighted by molar-refractivity contribution is 0.0945. The molecule has 102 valence electrons. The summed E-state index contributed by atoms with van der Waals surface area (Å²) >= 11 is 0. The maximum Gasteiger partial charge on any atom is 0.257 e. The van der Waals surface area contributed by atoms with Crippen molar-refractivity contribution >= 4 is 21.4 Å². The number of hydrogen-bond acceptors (Lipinski definition) is 5. The van der Waals surface area contributed by atoms with Crippen LogP contribution in [0.2, 0.25) is 0 Å². The van der Waals surface area contributed by atoms with E-state index >= 15 is 0 Å². The van der Waals surface area contributed by atoms with Gasteiger partial charge in [0.25, 0.3) is 5.91 Å². The number of nitrogen functional groups attached to an aromatic ring is 1. The van der Waals surface area contributed by atoms with E-state index in [0.29, 0.717) is 5.75 Å². The second-order valence-corrected chi connectivity index (χ2v) is 6.09. The number of nitrogens with two attached hydrogens (primary N) is 1. The third-order valence-corrected chi connectivity index (χ3v) is 4.15. The molecule has 6 nitrogen and oxygen atoms in total. The first-order valence-corrected chi connectivity index (χ1v) is 7.29. The summed E-state index contributed by atoms with van der Waals surface area (Å²) in [6, 6.07) is 4.33. The molecule has 1 aromatic carbocycles. The van der Waals surface area contributed by atoms with Crippen LogP contribution in [0.3, 0.4) is 0 Å². The van der Waals surface area contributed by atoms with E-state index in [2.05, 4.69) is 5.32 Å². The third kappa shape index (κ3) is 2.87. The van der Waals surface area contributed by atoms with Gasteiger partial charge in [-0.25, -0.2) is 8.42 Å². The molecular formula is C12H14N2O4S. The van der Waals surface area contributed by atoms with E-state index in [0.717, 1.165) is 5.41 Å². The van der Waals surface area contributed by atoms with Gasteiger partial charge in [0.2, 0.25) is 0 Å². The number of sulfone groups is 1. The molecule has 1 amide bonds. The topological polar surface area (TPSA) is 98.5 Å². The first kappa shape index (κ1) is 13.4. The highest BCUT2D eigenvalue weighted by molar-refractivity contribution is 7.94. The Morgan fingerprint density at radius 3 is 2.79 bits per heavy atom. The van der Waals surface area contributed by atoms with Gasteiger partial charge in [-0.3, -0.25) is 4.79 Å². The van der Waals surface area contributed by atoms with E-state index in [1.807, 2.05) is 0 Å². The smallest absolute Gasteiger partial charge is 0.257 e. The zero-order chi connectivity index (χ0) is 14.0. The van der Waals surface area contributed by atoms with Crippen LogP contribution in [0.25, 0.3) is 0 Å². The van der Waals surface area contributed by atoms with Gasteiger partial charge in [0, 0.05) is 11.1 Å². The fourth-order valence-corrected chi connectivity index (χ4v) is 3.10. The average molecular weight is 282 g/mol. The maximum atomic E-state index is 12.1. The van der Waals surface area contributed by atoms with Crippen LogP contribution in [0.15, 0.2) is 29.7 Å². The summed E-state index contributed by atoms with van der Waals surface area (Å²) in [6.45, 7) is 0. The molecule has 0 spiro atoms. The monoisotopic (exact) mass is 282 g/mol. The molecule has 1 aromatic rings. The van der Waals surface area contributed by atoms with Crippen molar-refractivity contribution in [2.75, 3.05) is 18.6 Å². The molecule has 1 unspecified atom stereocenters. The van der Waals surface area contributed by atoms with Gasteiger partial charge >= 0.3 is 0 Å². The zero-order valence-corrected chi connectivity index (χ0v) is 11.1. The quantitative estimate of drug-likeness (QED) is 0.778. The molecule has 3 N–H and O–H groups in total. The molecule has 0 radical (unpaired) electrons. The molecule has 19 heavy (non-hydrogen) atoms. The number of amides is 1. The van der Waals surface area contributed by atoms with Crippen molar-refractivity contribution in [2.24, 2.45) is 0 Å². The Hall–Kier alpha value is -2.02. The molecule has 1 atom stereocenters. The van der Waals surface area contributed by atoms with Crippen LogP contribution in [0, 0.1) is 0 Å². The Morgan fingerprint density at radius 2 is 2.21 bits per heavy atom.